The molecule has 5 saturated carbocycles. The van der Waals surface area contributed by atoms with E-state index in [1.807, 2.05) is 0 Å². The summed E-state index contributed by atoms with van der Waals surface area (Å²) in [5, 5.41) is 0. The lowest BCUT2D eigenvalue weighted by Gasteiger charge is -2.74. The molecule has 40 heavy (non-hydrogen) atoms. The summed E-state index contributed by atoms with van der Waals surface area (Å²) >= 11 is 0. The van der Waals surface area contributed by atoms with Crippen LogP contribution in [0.5, 0.6) is 0 Å². The van der Waals surface area contributed by atoms with Gasteiger partial charge in [0, 0.05) is 5.54 Å². The Balaban J connectivity index is 1.48. The van der Waals surface area contributed by atoms with Crippen LogP contribution in [0.4, 0.5) is 0 Å². The second-order valence-electron chi connectivity index (χ2n) is 17.6. The first-order valence-electron chi connectivity index (χ1n) is 17.5. The van der Waals surface area contributed by atoms with Crippen LogP contribution in [0.3, 0.4) is 0 Å². The molecule has 0 spiro atoms. The molecular formula is C39H65N. The Labute approximate surface area is 249 Å². The maximum absolute atomic E-state index is 6.84. The summed E-state index contributed by atoms with van der Waals surface area (Å²) in [5.74, 6) is 5.14. The van der Waals surface area contributed by atoms with Gasteiger partial charge in [-0.05, 0) is 159 Å². The van der Waals surface area contributed by atoms with Crippen molar-refractivity contribution < 1.29 is 0 Å². The van der Waals surface area contributed by atoms with Gasteiger partial charge in [0.25, 0.3) is 0 Å². The summed E-state index contributed by atoms with van der Waals surface area (Å²) in [5.41, 5.74) is 13.7. The van der Waals surface area contributed by atoms with Crippen LogP contribution in [0, 0.1) is 62.6 Å². The van der Waals surface area contributed by atoms with Gasteiger partial charge in [-0.3, -0.25) is 0 Å². The normalized spacial score (nSPS) is 52.1. The van der Waals surface area contributed by atoms with Crippen molar-refractivity contribution >= 4 is 0 Å². The van der Waals surface area contributed by atoms with Crippen LogP contribution in [0.1, 0.15) is 146 Å². The van der Waals surface area contributed by atoms with Gasteiger partial charge in [0.1, 0.15) is 0 Å². The lowest BCUT2D eigenvalue weighted by molar-refractivity contribution is -0.244. The first-order chi connectivity index (χ1) is 18.6. The molecular weight excluding hydrogens is 482 g/mol. The molecule has 1 nitrogen and oxygen atoms in total. The highest BCUT2D eigenvalue weighted by molar-refractivity contribution is 5.26. The van der Waals surface area contributed by atoms with Crippen LogP contribution in [0.15, 0.2) is 30.0 Å². The molecule has 12 atom stereocenters. The van der Waals surface area contributed by atoms with Crippen LogP contribution in [0.2, 0.25) is 0 Å². The lowest BCUT2D eigenvalue weighted by atomic mass is 9.31. The molecule has 0 heterocycles. The van der Waals surface area contributed by atoms with E-state index >= 15 is 0 Å². The van der Waals surface area contributed by atoms with Gasteiger partial charge in [0.05, 0.1) is 0 Å². The Morgan fingerprint density at radius 2 is 1.65 bits per heavy atom. The van der Waals surface area contributed by atoms with Crippen molar-refractivity contribution in [3.05, 3.63) is 30.0 Å². The summed E-state index contributed by atoms with van der Waals surface area (Å²) in [6.07, 6.45) is 21.8. The van der Waals surface area contributed by atoms with Crippen molar-refractivity contribution in [2.45, 2.75) is 151 Å². The minimum Gasteiger partial charge on any atom is -0.322 e. The van der Waals surface area contributed by atoms with Crippen molar-refractivity contribution in [2.24, 2.45) is 68.3 Å². The first-order valence-corrected chi connectivity index (χ1v) is 17.5. The summed E-state index contributed by atoms with van der Waals surface area (Å²) in [4.78, 5) is 0. The summed E-state index contributed by atoms with van der Waals surface area (Å²) in [6.45, 7) is 27.5. The zero-order valence-corrected chi connectivity index (χ0v) is 28.1. The predicted octanol–water partition coefficient (Wildman–Crippen LogP) is 10.9. The number of hydrogen-bond donors (Lipinski definition) is 1. The summed E-state index contributed by atoms with van der Waals surface area (Å²) < 4.78 is 0. The molecule has 0 aliphatic heterocycles. The minimum absolute atomic E-state index is 0.160. The van der Waals surface area contributed by atoms with E-state index in [0.717, 1.165) is 48.9 Å². The monoisotopic (exact) mass is 548 g/mol. The third kappa shape index (κ3) is 4.33. The Morgan fingerprint density at radius 1 is 0.925 bits per heavy atom. The van der Waals surface area contributed by atoms with Crippen LogP contribution in [0.25, 0.3) is 0 Å². The zero-order chi connectivity index (χ0) is 29.4. The lowest BCUT2D eigenvalue weighted by Crippen LogP contribution is -2.66. The molecule has 0 amide bonds. The highest BCUT2D eigenvalue weighted by Gasteiger charge is 2.69. The zero-order valence-electron chi connectivity index (χ0n) is 28.1. The van der Waals surface area contributed by atoms with Gasteiger partial charge < -0.3 is 5.73 Å². The molecule has 0 aromatic rings. The average molecular weight is 548 g/mol. The molecule has 0 radical (unpaired) electrons. The predicted molar refractivity (Wildman–Crippen MR) is 173 cm³/mol. The molecule has 5 fully saturated rings. The Morgan fingerprint density at radius 3 is 2.33 bits per heavy atom. The molecule has 0 aromatic carbocycles. The molecule has 5 aliphatic carbocycles. The Kier molecular flexibility index (Phi) is 7.78. The van der Waals surface area contributed by atoms with E-state index in [9.17, 15) is 0 Å². The van der Waals surface area contributed by atoms with E-state index in [-0.39, 0.29) is 11.0 Å². The third-order valence-electron chi connectivity index (χ3n) is 15.8. The van der Waals surface area contributed by atoms with E-state index in [2.05, 4.69) is 86.8 Å². The number of allylic oxidation sites excluding steroid dienone is 2. The van der Waals surface area contributed by atoms with Crippen molar-refractivity contribution in [1.29, 1.82) is 0 Å². The highest BCUT2D eigenvalue weighted by Crippen LogP contribution is 2.77. The molecule has 5 aliphatic rings. The van der Waals surface area contributed by atoms with Gasteiger partial charge in [-0.25, -0.2) is 0 Å². The molecule has 5 rings (SSSR count). The average Bonchev–Trinajstić information content (AvgIpc) is 2.90. The number of fused-ring (bicyclic) bond motifs is 7. The van der Waals surface area contributed by atoms with Crippen molar-refractivity contribution in [3.63, 3.8) is 0 Å². The fraction of sp³-hybridized carbons (Fsp3) is 0.872. The van der Waals surface area contributed by atoms with Gasteiger partial charge in [-0.2, -0.15) is 0 Å². The maximum atomic E-state index is 6.84. The maximum Gasteiger partial charge on any atom is 0.0310 e. The van der Waals surface area contributed by atoms with Crippen LogP contribution < -0.4 is 5.73 Å². The minimum atomic E-state index is -0.240. The van der Waals surface area contributed by atoms with Gasteiger partial charge in [-0.1, -0.05) is 74.1 Å². The second kappa shape index (κ2) is 10.2. The molecule has 226 valence electrons. The molecule has 0 bridgehead atoms. The largest absolute Gasteiger partial charge is 0.322 e. The topological polar surface area (TPSA) is 26.0 Å². The number of hydrogen-bond acceptors (Lipinski definition) is 1. The molecule has 1 heteroatoms. The molecule has 9 unspecified atom stereocenters. The summed E-state index contributed by atoms with van der Waals surface area (Å²) in [6, 6.07) is 0. The van der Waals surface area contributed by atoms with Gasteiger partial charge in [0.15, 0.2) is 0 Å². The number of rotatable bonds is 5. The molecule has 0 saturated heterocycles. The van der Waals surface area contributed by atoms with E-state index in [1.54, 1.807) is 0 Å². The van der Waals surface area contributed by atoms with Crippen LogP contribution >= 0.6 is 0 Å². The van der Waals surface area contributed by atoms with Gasteiger partial charge in [0.2, 0.25) is 0 Å². The second-order valence-corrected chi connectivity index (χ2v) is 17.6. The fourth-order valence-corrected chi connectivity index (χ4v) is 13.0. The Hall–Kier alpha value is -0.780. The standard InChI is InChI=1S/C39H65N/c1-11-13-19-35(6,40)24-25-36(7)29(12-2)17-21-37(8)31(36)18-22-39(10)32(37)15-14-30-33-28(4)27(3)16-20-34(33,5)23-26-38(30,39)9/h13,19,27-28,30-33H,2,11,14-18,20-26,40H2,1,3-10H3/b19-13+/t27?,28?,30-,31?,32+,33?,34?,35?,36-,37?,38?,39?/m0/s1. The number of nitrogens with two attached hydrogens (primary N) is 1. The summed E-state index contributed by atoms with van der Waals surface area (Å²) in [7, 11) is 0. The van der Waals surface area contributed by atoms with Crippen LogP contribution in [-0.2, 0) is 0 Å². The highest BCUT2D eigenvalue weighted by atomic mass is 14.7. The van der Waals surface area contributed by atoms with E-state index in [1.165, 1.54) is 69.8 Å². The molecule has 0 aromatic heterocycles. The van der Waals surface area contributed by atoms with Crippen molar-refractivity contribution in [3.8, 4) is 0 Å². The first kappa shape index (κ1) is 30.7. The van der Waals surface area contributed by atoms with Gasteiger partial charge in [-0.15, -0.1) is 5.73 Å². The van der Waals surface area contributed by atoms with Gasteiger partial charge >= 0.3 is 0 Å². The van der Waals surface area contributed by atoms with Crippen molar-refractivity contribution in [1.82, 2.24) is 0 Å². The SMILES string of the molecule is C=C=C1CCC2(C)C(CCC3(C)[C@@H]2CC[C@H]2C4C(C)C(C)CCC4(C)CCC23C)[C@@]1(C)CCC(C)(N)/C=C/CC. The third-order valence-corrected chi connectivity index (χ3v) is 15.8. The van der Waals surface area contributed by atoms with Crippen LogP contribution in [-0.4, -0.2) is 5.54 Å². The smallest absolute Gasteiger partial charge is 0.0310 e. The van der Waals surface area contributed by atoms with Crippen molar-refractivity contribution in [2.75, 3.05) is 0 Å². The Bertz CT molecular complexity index is 1050. The van der Waals surface area contributed by atoms with E-state index in [0.29, 0.717) is 27.6 Å². The fourth-order valence-electron chi connectivity index (χ4n) is 13.0. The van der Waals surface area contributed by atoms with E-state index < -0.39 is 0 Å². The molecule has 2 N–H and O–H groups in total. The quantitative estimate of drug-likeness (QED) is 0.269. The van der Waals surface area contributed by atoms with E-state index in [4.69, 9.17) is 5.73 Å².